The van der Waals surface area contributed by atoms with E-state index in [1.807, 2.05) is 49.4 Å². The van der Waals surface area contributed by atoms with Crippen molar-refractivity contribution < 1.29 is 14.7 Å². The second-order valence-corrected chi connectivity index (χ2v) is 9.39. The maximum absolute atomic E-state index is 13.0. The predicted octanol–water partition coefficient (Wildman–Crippen LogP) is 3.80. The number of anilines is 2. The molecule has 0 radical (unpaired) electrons. The summed E-state index contributed by atoms with van der Waals surface area (Å²) in [5, 5.41) is 25.0. The lowest BCUT2D eigenvalue weighted by atomic mass is 9.95. The maximum Gasteiger partial charge on any atom is 0.326 e. The molecule has 1 unspecified atom stereocenters. The van der Waals surface area contributed by atoms with Gasteiger partial charge >= 0.3 is 5.97 Å². The third-order valence-corrected chi connectivity index (χ3v) is 6.69. The predicted molar refractivity (Wildman–Crippen MR) is 143 cm³/mol. The van der Waals surface area contributed by atoms with Gasteiger partial charge in [0, 0.05) is 49.4 Å². The molecule has 37 heavy (non-hydrogen) atoms. The van der Waals surface area contributed by atoms with Crippen molar-refractivity contribution in [3.8, 4) is 6.07 Å². The van der Waals surface area contributed by atoms with E-state index in [1.165, 1.54) is 0 Å². The molecule has 1 saturated heterocycles. The standard InChI is InChI=1S/C29H31N5O3/c1-3-23-13-21(15-30)12-19(2)27(23)28(35)33-25(29(36)37)14-20-7-9-24(10-8-20)34-17-22(18-34)16-32-26-6-4-5-11-31-26/h4-13,22,25H,3,14,16-18H2,1-2H3,(H,31,32)(H,33,35)(H,36,37). The highest BCUT2D eigenvalue weighted by Crippen LogP contribution is 2.25. The molecule has 1 aliphatic heterocycles. The number of carbonyl (C=O) groups excluding carboxylic acids is 1. The van der Waals surface area contributed by atoms with Crippen molar-refractivity contribution in [1.82, 2.24) is 10.3 Å². The molecule has 0 spiro atoms. The molecule has 0 bridgehead atoms. The zero-order valence-corrected chi connectivity index (χ0v) is 21.1. The summed E-state index contributed by atoms with van der Waals surface area (Å²) in [6.45, 7) is 6.41. The average molecular weight is 498 g/mol. The number of nitrogens with one attached hydrogen (secondary N) is 2. The Morgan fingerprint density at radius 3 is 2.57 bits per heavy atom. The molecular weight excluding hydrogens is 466 g/mol. The summed E-state index contributed by atoms with van der Waals surface area (Å²) in [5.74, 6) is -0.112. The molecule has 1 atom stereocenters. The van der Waals surface area contributed by atoms with E-state index in [9.17, 15) is 20.0 Å². The minimum Gasteiger partial charge on any atom is -0.480 e. The highest BCUT2D eigenvalue weighted by molar-refractivity contribution is 5.99. The molecule has 1 aromatic heterocycles. The molecule has 4 rings (SSSR count). The molecule has 2 heterocycles. The SMILES string of the molecule is CCc1cc(C#N)cc(C)c1C(=O)NC(Cc1ccc(N2CC(CNc3ccccn3)C2)cc1)C(=O)O. The average Bonchev–Trinajstić information content (AvgIpc) is 2.88. The first-order valence-corrected chi connectivity index (χ1v) is 12.4. The molecule has 0 saturated carbocycles. The molecule has 2 aromatic carbocycles. The number of amides is 1. The van der Waals surface area contributed by atoms with Gasteiger partial charge in [-0.3, -0.25) is 4.79 Å². The Morgan fingerprint density at radius 1 is 1.19 bits per heavy atom. The number of nitrogens with zero attached hydrogens (tertiary/aromatic N) is 3. The Kier molecular flexibility index (Phi) is 8.04. The number of aromatic nitrogens is 1. The summed E-state index contributed by atoms with van der Waals surface area (Å²) < 4.78 is 0. The summed E-state index contributed by atoms with van der Waals surface area (Å²) in [6, 6.07) is 18.0. The number of hydrogen-bond donors (Lipinski definition) is 3. The molecule has 1 aliphatic rings. The molecule has 8 nitrogen and oxygen atoms in total. The Hall–Kier alpha value is -4.38. The fraction of sp³-hybridized carbons (Fsp3) is 0.310. The Morgan fingerprint density at radius 2 is 1.95 bits per heavy atom. The van der Waals surface area contributed by atoms with Crippen LogP contribution in [-0.4, -0.2) is 47.6 Å². The zero-order chi connectivity index (χ0) is 26.4. The van der Waals surface area contributed by atoms with E-state index in [0.717, 1.165) is 42.3 Å². The molecule has 190 valence electrons. The number of hydrogen-bond acceptors (Lipinski definition) is 6. The van der Waals surface area contributed by atoms with Gasteiger partial charge in [-0.05, 0) is 66.4 Å². The maximum atomic E-state index is 13.0. The Bertz CT molecular complexity index is 1300. The van der Waals surface area contributed by atoms with Gasteiger partial charge in [0.05, 0.1) is 11.6 Å². The first kappa shape index (κ1) is 25.7. The zero-order valence-electron chi connectivity index (χ0n) is 21.1. The molecule has 8 heteroatoms. The first-order valence-electron chi connectivity index (χ1n) is 12.4. The van der Waals surface area contributed by atoms with Gasteiger partial charge in [-0.1, -0.05) is 25.1 Å². The van der Waals surface area contributed by atoms with Crippen LogP contribution in [0.1, 0.15) is 39.5 Å². The third-order valence-electron chi connectivity index (χ3n) is 6.69. The molecule has 1 amide bonds. The van der Waals surface area contributed by atoms with Crippen LogP contribution in [0.15, 0.2) is 60.8 Å². The summed E-state index contributed by atoms with van der Waals surface area (Å²) in [7, 11) is 0. The number of pyridine rings is 1. The number of aryl methyl sites for hydroxylation is 2. The summed E-state index contributed by atoms with van der Waals surface area (Å²) in [4.78, 5) is 31.6. The fourth-order valence-corrected chi connectivity index (χ4v) is 4.66. The fourth-order valence-electron chi connectivity index (χ4n) is 4.66. The van der Waals surface area contributed by atoms with E-state index >= 15 is 0 Å². The van der Waals surface area contributed by atoms with Gasteiger partial charge in [0.1, 0.15) is 11.9 Å². The minimum atomic E-state index is -1.09. The second kappa shape index (κ2) is 11.6. The van der Waals surface area contributed by atoms with E-state index in [4.69, 9.17) is 0 Å². The highest BCUT2D eigenvalue weighted by Gasteiger charge is 2.27. The van der Waals surface area contributed by atoms with E-state index in [1.54, 1.807) is 25.3 Å². The second-order valence-electron chi connectivity index (χ2n) is 9.39. The molecule has 3 aromatic rings. The van der Waals surface area contributed by atoms with Gasteiger partial charge in [0.15, 0.2) is 0 Å². The van der Waals surface area contributed by atoms with E-state index < -0.39 is 17.9 Å². The minimum absolute atomic E-state index is 0.175. The molecule has 0 aliphatic carbocycles. The number of carboxylic acids is 1. The highest BCUT2D eigenvalue weighted by atomic mass is 16.4. The van der Waals surface area contributed by atoms with Crippen molar-refractivity contribution >= 4 is 23.4 Å². The number of carboxylic acid groups (broad SMARTS) is 1. The van der Waals surface area contributed by atoms with E-state index in [0.29, 0.717) is 29.0 Å². The van der Waals surface area contributed by atoms with E-state index in [-0.39, 0.29) is 6.42 Å². The number of nitriles is 1. The summed E-state index contributed by atoms with van der Waals surface area (Å²) in [5.41, 5.74) is 4.23. The normalized spacial score (nSPS) is 13.8. The Labute approximate surface area is 217 Å². The molecular formula is C29H31N5O3. The van der Waals surface area contributed by atoms with Crippen molar-refractivity contribution in [2.24, 2.45) is 5.92 Å². The van der Waals surface area contributed by atoms with Gasteiger partial charge in [-0.2, -0.15) is 5.26 Å². The number of rotatable bonds is 10. The van der Waals surface area contributed by atoms with Crippen LogP contribution in [0.25, 0.3) is 0 Å². The molecule has 3 N–H and O–H groups in total. The lowest BCUT2D eigenvalue weighted by Gasteiger charge is -2.41. The van der Waals surface area contributed by atoms with Crippen molar-refractivity contribution in [3.05, 3.63) is 88.6 Å². The smallest absolute Gasteiger partial charge is 0.326 e. The lowest BCUT2D eigenvalue weighted by Crippen LogP contribution is -2.49. The monoisotopic (exact) mass is 497 g/mol. The van der Waals surface area contributed by atoms with Crippen LogP contribution >= 0.6 is 0 Å². The van der Waals surface area contributed by atoms with Gasteiger partial charge in [-0.25, -0.2) is 9.78 Å². The van der Waals surface area contributed by atoms with Crippen molar-refractivity contribution in [3.63, 3.8) is 0 Å². The summed E-state index contributed by atoms with van der Waals surface area (Å²) in [6.07, 6.45) is 2.51. The number of carbonyl (C=O) groups is 2. The van der Waals surface area contributed by atoms with Crippen LogP contribution in [-0.2, 0) is 17.6 Å². The largest absolute Gasteiger partial charge is 0.480 e. The van der Waals surface area contributed by atoms with Crippen LogP contribution in [0.5, 0.6) is 0 Å². The van der Waals surface area contributed by atoms with Crippen molar-refractivity contribution in [1.29, 1.82) is 5.26 Å². The molecule has 1 fully saturated rings. The number of benzene rings is 2. The van der Waals surface area contributed by atoms with Crippen LogP contribution in [0.4, 0.5) is 11.5 Å². The van der Waals surface area contributed by atoms with Crippen LogP contribution in [0.3, 0.4) is 0 Å². The number of aliphatic carboxylic acids is 1. The van der Waals surface area contributed by atoms with E-state index in [2.05, 4.69) is 26.6 Å². The quantitative estimate of drug-likeness (QED) is 0.390. The van der Waals surface area contributed by atoms with Crippen LogP contribution < -0.4 is 15.5 Å². The topological polar surface area (TPSA) is 118 Å². The van der Waals surface area contributed by atoms with Gasteiger partial charge in [0.2, 0.25) is 0 Å². The van der Waals surface area contributed by atoms with Crippen molar-refractivity contribution in [2.75, 3.05) is 29.9 Å². The third kappa shape index (κ3) is 6.25. The van der Waals surface area contributed by atoms with Gasteiger partial charge in [-0.15, -0.1) is 0 Å². The van der Waals surface area contributed by atoms with Gasteiger partial charge in [0.25, 0.3) is 5.91 Å². The van der Waals surface area contributed by atoms with Crippen LogP contribution in [0, 0.1) is 24.2 Å². The Balaban J connectivity index is 1.34. The van der Waals surface area contributed by atoms with Crippen molar-refractivity contribution in [2.45, 2.75) is 32.7 Å². The summed E-state index contributed by atoms with van der Waals surface area (Å²) >= 11 is 0. The first-order chi connectivity index (χ1) is 17.9. The van der Waals surface area contributed by atoms with Crippen LogP contribution in [0.2, 0.25) is 0 Å². The van der Waals surface area contributed by atoms with Gasteiger partial charge < -0.3 is 20.6 Å². The lowest BCUT2D eigenvalue weighted by molar-refractivity contribution is -0.139.